The Hall–Kier alpha value is -2.09. The van der Waals surface area contributed by atoms with Crippen LogP contribution in [-0.2, 0) is 20.8 Å². The Morgan fingerprint density at radius 1 is 1.22 bits per heavy atom. The molecule has 202 valence electrons. The molecule has 1 aromatic heterocycles. The van der Waals surface area contributed by atoms with E-state index in [1.54, 1.807) is 12.1 Å². The van der Waals surface area contributed by atoms with Gasteiger partial charge in [0.05, 0.1) is 21.1 Å². The maximum Gasteiger partial charge on any atom is 0.224 e. The van der Waals surface area contributed by atoms with Crippen molar-refractivity contribution in [3.05, 3.63) is 40.4 Å². The predicted octanol–water partition coefficient (Wildman–Crippen LogP) is 6.01. The molecule has 0 radical (unpaired) electrons. The van der Waals surface area contributed by atoms with E-state index in [1.165, 1.54) is 37.5 Å². The average molecular weight is 546 g/mol. The number of Topliss-reactive ketones (excluding diaryl/α,β-unsaturated/α-hetero) is 1. The van der Waals surface area contributed by atoms with E-state index in [0.717, 1.165) is 41.3 Å². The summed E-state index contributed by atoms with van der Waals surface area (Å²) in [5, 5.41) is 4.64. The van der Waals surface area contributed by atoms with E-state index in [4.69, 9.17) is 11.6 Å². The van der Waals surface area contributed by atoms with E-state index in [0.29, 0.717) is 24.3 Å². The van der Waals surface area contributed by atoms with Crippen molar-refractivity contribution < 1.29 is 14.4 Å². The Kier molecular flexibility index (Phi) is 11.7. The van der Waals surface area contributed by atoms with E-state index in [1.807, 2.05) is 18.2 Å². The minimum absolute atomic E-state index is 0.0292. The zero-order valence-electron chi connectivity index (χ0n) is 22.3. The standard InChI is InChI=1S/C29H40ClN3O3S/c1-4-20(2)25(13-11-24(35)9-8-16-33-14-6-5-7-15-33)32-29(36)22(17-21(3)34)18-28-31-26-12-10-23(30)19-27(26)37-28/h8-10,12,19-20,22,25H,4-7,11,13-18H2,1-3H3,(H,32,36)/b9-8+/t20-,22-,25+/m0/s1. The Balaban J connectivity index is 1.59. The van der Waals surface area contributed by atoms with Crippen LogP contribution in [0.4, 0.5) is 0 Å². The van der Waals surface area contributed by atoms with Crippen molar-refractivity contribution in [3.63, 3.8) is 0 Å². The highest BCUT2D eigenvalue weighted by Crippen LogP contribution is 2.28. The number of hydrogen-bond acceptors (Lipinski definition) is 6. The summed E-state index contributed by atoms with van der Waals surface area (Å²) in [7, 11) is 0. The molecule has 0 saturated carbocycles. The number of likely N-dealkylation sites (tertiary alicyclic amines) is 1. The molecule has 1 saturated heterocycles. The van der Waals surface area contributed by atoms with Crippen molar-refractivity contribution in [3.8, 4) is 0 Å². The minimum Gasteiger partial charge on any atom is -0.353 e. The van der Waals surface area contributed by atoms with Gasteiger partial charge in [0.15, 0.2) is 5.78 Å². The molecule has 3 atom stereocenters. The third kappa shape index (κ3) is 9.62. The molecule has 1 amide bonds. The van der Waals surface area contributed by atoms with Gasteiger partial charge in [-0.15, -0.1) is 11.3 Å². The fourth-order valence-electron chi connectivity index (χ4n) is 4.79. The summed E-state index contributed by atoms with van der Waals surface area (Å²) in [6, 6.07) is 5.41. The normalized spacial score (nSPS) is 17.1. The number of piperidine rings is 1. The molecule has 0 bridgehead atoms. The number of ketones is 2. The molecule has 6 nitrogen and oxygen atoms in total. The largest absolute Gasteiger partial charge is 0.353 e. The molecule has 1 N–H and O–H groups in total. The van der Waals surface area contributed by atoms with Crippen LogP contribution >= 0.6 is 22.9 Å². The highest BCUT2D eigenvalue weighted by atomic mass is 35.5. The number of allylic oxidation sites excluding steroid dienone is 1. The Morgan fingerprint density at radius 3 is 2.68 bits per heavy atom. The molecule has 3 rings (SSSR count). The summed E-state index contributed by atoms with van der Waals surface area (Å²) in [5.41, 5.74) is 0.843. The van der Waals surface area contributed by atoms with Crippen LogP contribution in [0.15, 0.2) is 30.4 Å². The minimum atomic E-state index is -0.500. The fraction of sp³-hybridized carbons (Fsp3) is 0.586. The van der Waals surface area contributed by atoms with E-state index in [2.05, 4.69) is 29.0 Å². The first-order valence-electron chi connectivity index (χ1n) is 13.5. The van der Waals surface area contributed by atoms with Crippen LogP contribution in [0.2, 0.25) is 5.02 Å². The number of carbonyl (C=O) groups is 3. The second kappa shape index (κ2) is 14.7. The van der Waals surface area contributed by atoms with Gasteiger partial charge >= 0.3 is 0 Å². The van der Waals surface area contributed by atoms with Crippen molar-refractivity contribution in [1.29, 1.82) is 0 Å². The van der Waals surface area contributed by atoms with Gasteiger partial charge < -0.3 is 10.1 Å². The SMILES string of the molecule is CC[C@H](C)[C@@H](CCC(=O)/C=C/CN1CCCCC1)NC(=O)[C@@H](CC(C)=O)Cc1nc2ccc(Cl)cc2s1. The molecule has 37 heavy (non-hydrogen) atoms. The van der Waals surface area contributed by atoms with Gasteiger partial charge in [0.2, 0.25) is 5.91 Å². The van der Waals surface area contributed by atoms with Gasteiger partial charge in [0.25, 0.3) is 0 Å². The second-order valence-electron chi connectivity index (χ2n) is 10.3. The van der Waals surface area contributed by atoms with Crippen molar-refractivity contribution in [2.24, 2.45) is 11.8 Å². The fourth-order valence-corrected chi connectivity index (χ4v) is 6.11. The van der Waals surface area contributed by atoms with Crippen LogP contribution in [0.25, 0.3) is 10.2 Å². The first kappa shape index (κ1) is 29.5. The number of fused-ring (bicyclic) bond motifs is 1. The first-order valence-corrected chi connectivity index (χ1v) is 14.7. The lowest BCUT2D eigenvalue weighted by Crippen LogP contribution is -2.43. The van der Waals surface area contributed by atoms with E-state index in [9.17, 15) is 14.4 Å². The molecule has 0 spiro atoms. The third-order valence-corrected chi connectivity index (χ3v) is 8.47. The molecule has 2 aromatic rings. The zero-order chi connectivity index (χ0) is 26.8. The number of hydrogen-bond donors (Lipinski definition) is 1. The van der Waals surface area contributed by atoms with Crippen LogP contribution in [0.5, 0.6) is 0 Å². The number of carbonyl (C=O) groups excluding carboxylic acids is 3. The van der Waals surface area contributed by atoms with E-state index in [-0.39, 0.29) is 35.9 Å². The smallest absolute Gasteiger partial charge is 0.224 e. The summed E-state index contributed by atoms with van der Waals surface area (Å²) < 4.78 is 0.966. The number of halogens is 1. The van der Waals surface area contributed by atoms with Crippen LogP contribution in [0, 0.1) is 11.8 Å². The maximum atomic E-state index is 13.4. The topological polar surface area (TPSA) is 79.4 Å². The van der Waals surface area contributed by atoms with Crippen molar-refractivity contribution >= 4 is 50.6 Å². The predicted molar refractivity (Wildman–Crippen MR) is 152 cm³/mol. The Morgan fingerprint density at radius 2 is 1.97 bits per heavy atom. The third-order valence-electron chi connectivity index (χ3n) is 7.20. The van der Waals surface area contributed by atoms with Gasteiger partial charge in [-0.3, -0.25) is 14.5 Å². The molecule has 0 aliphatic carbocycles. The van der Waals surface area contributed by atoms with Gasteiger partial charge in [-0.1, -0.05) is 44.4 Å². The van der Waals surface area contributed by atoms with Crippen LogP contribution in [0.1, 0.15) is 70.7 Å². The summed E-state index contributed by atoms with van der Waals surface area (Å²) in [5.74, 6) is -0.367. The highest BCUT2D eigenvalue weighted by Gasteiger charge is 2.27. The number of aromatic nitrogens is 1. The van der Waals surface area contributed by atoms with Gasteiger partial charge in [0.1, 0.15) is 5.78 Å². The van der Waals surface area contributed by atoms with Crippen LogP contribution in [0.3, 0.4) is 0 Å². The average Bonchev–Trinajstić information content (AvgIpc) is 3.27. The number of rotatable bonds is 14. The zero-order valence-corrected chi connectivity index (χ0v) is 23.9. The number of nitrogens with one attached hydrogen (secondary N) is 1. The number of benzene rings is 1. The molecule has 1 aliphatic heterocycles. The van der Waals surface area contributed by atoms with Crippen molar-refractivity contribution in [2.45, 2.75) is 78.2 Å². The Bertz CT molecular complexity index is 1090. The molecule has 8 heteroatoms. The molecule has 1 aromatic carbocycles. The first-order chi connectivity index (χ1) is 17.7. The van der Waals surface area contributed by atoms with E-state index >= 15 is 0 Å². The van der Waals surface area contributed by atoms with Gasteiger partial charge in [-0.25, -0.2) is 4.98 Å². The quantitative estimate of drug-likeness (QED) is 0.294. The molecule has 2 heterocycles. The van der Waals surface area contributed by atoms with Gasteiger partial charge in [0, 0.05) is 36.9 Å². The van der Waals surface area contributed by atoms with Crippen molar-refractivity contribution in [2.75, 3.05) is 19.6 Å². The molecule has 1 fully saturated rings. The summed E-state index contributed by atoms with van der Waals surface area (Å²) in [4.78, 5) is 44.9. The summed E-state index contributed by atoms with van der Waals surface area (Å²) in [6.45, 7) is 8.73. The number of nitrogens with zero attached hydrogens (tertiary/aromatic N) is 2. The highest BCUT2D eigenvalue weighted by molar-refractivity contribution is 7.18. The monoisotopic (exact) mass is 545 g/mol. The van der Waals surface area contributed by atoms with Crippen molar-refractivity contribution in [1.82, 2.24) is 15.2 Å². The molecular formula is C29H40ClN3O3S. The molecule has 1 aliphatic rings. The van der Waals surface area contributed by atoms with E-state index < -0.39 is 5.92 Å². The van der Waals surface area contributed by atoms with Crippen LogP contribution in [-0.4, -0.2) is 53.0 Å². The second-order valence-corrected chi connectivity index (χ2v) is 11.8. The molecular weight excluding hydrogens is 506 g/mol. The summed E-state index contributed by atoms with van der Waals surface area (Å²) in [6.07, 6.45) is 9.85. The number of amides is 1. The lowest BCUT2D eigenvalue weighted by molar-refractivity contribution is -0.129. The van der Waals surface area contributed by atoms with Gasteiger partial charge in [-0.2, -0.15) is 0 Å². The summed E-state index contributed by atoms with van der Waals surface area (Å²) >= 11 is 7.61. The lowest BCUT2D eigenvalue weighted by atomic mass is 9.92. The van der Waals surface area contributed by atoms with Crippen LogP contribution < -0.4 is 5.32 Å². The molecule has 0 unspecified atom stereocenters. The number of thiazole rings is 1. The van der Waals surface area contributed by atoms with Gasteiger partial charge in [-0.05, 0) is 69.5 Å². The maximum absolute atomic E-state index is 13.4. The Labute approximate surface area is 229 Å². The lowest BCUT2D eigenvalue weighted by Gasteiger charge is -2.26.